The molecule has 1 rings (SSSR count). The van der Waals surface area contributed by atoms with Gasteiger partial charge in [-0.1, -0.05) is 12.1 Å². The minimum absolute atomic E-state index is 0.0628. The molecule has 0 unspecified atom stereocenters. The summed E-state index contributed by atoms with van der Waals surface area (Å²) in [4.78, 5) is 30.3. The third kappa shape index (κ3) is 9.04. The Balaban J connectivity index is 0.000000384. The van der Waals surface area contributed by atoms with Gasteiger partial charge in [0.15, 0.2) is 0 Å². The molecule has 0 aliphatic carbocycles. The van der Waals surface area contributed by atoms with Gasteiger partial charge in [0.25, 0.3) is 0 Å². The lowest BCUT2D eigenvalue weighted by Crippen LogP contribution is -1.99. The fourth-order valence-electron chi connectivity index (χ4n) is 1.37. The number of para-hydroxylation sites is 1. The van der Waals surface area contributed by atoms with Crippen molar-refractivity contribution in [2.24, 2.45) is 0 Å². The summed E-state index contributed by atoms with van der Waals surface area (Å²) in [5.41, 5.74) is 0.190. The van der Waals surface area contributed by atoms with E-state index in [-0.39, 0.29) is 18.4 Å². The molecule has 21 heavy (non-hydrogen) atoms. The zero-order valence-electron chi connectivity index (χ0n) is 11.6. The van der Waals surface area contributed by atoms with Gasteiger partial charge in [-0.2, -0.15) is 0 Å². The number of aliphatic carboxylic acids is 2. The molecule has 7 nitrogen and oxygen atoms in total. The topological polar surface area (TPSA) is 121 Å². The molecule has 0 heterocycles. The van der Waals surface area contributed by atoms with Crippen LogP contribution in [0, 0.1) is 0 Å². The molecule has 0 aliphatic heterocycles. The summed E-state index contributed by atoms with van der Waals surface area (Å²) in [6.45, 7) is 0. The number of carbonyl (C=O) groups is 3. The number of rotatable bonds is 7. The molecule has 0 radical (unpaired) electrons. The van der Waals surface area contributed by atoms with Gasteiger partial charge in [0, 0.05) is 12.8 Å². The van der Waals surface area contributed by atoms with Crippen molar-refractivity contribution in [3.63, 3.8) is 0 Å². The van der Waals surface area contributed by atoms with Crippen LogP contribution in [0.3, 0.4) is 0 Å². The number of benzene rings is 1. The van der Waals surface area contributed by atoms with Crippen molar-refractivity contribution in [3.8, 4) is 5.75 Å². The Morgan fingerprint density at radius 2 is 1.43 bits per heavy atom. The minimum Gasteiger partial charge on any atom is -0.496 e. The van der Waals surface area contributed by atoms with Crippen LogP contribution in [-0.2, 0) is 9.59 Å². The molecule has 116 valence electrons. The number of aromatic carboxylic acids is 1. The minimum atomic E-state index is -0.970. The first-order chi connectivity index (χ1) is 9.88. The molecule has 0 fully saturated rings. The molecule has 0 spiro atoms. The lowest BCUT2D eigenvalue weighted by atomic mass is 10.2. The highest BCUT2D eigenvalue weighted by molar-refractivity contribution is 5.90. The summed E-state index contributed by atoms with van der Waals surface area (Å²) >= 11 is 0. The van der Waals surface area contributed by atoms with Gasteiger partial charge in [0.2, 0.25) is 0 Å². The highest BCUT2D eigenvalue weighted by atomic mass is 16.5. The average molecular weight is 298 g/mol. The van der Waals surface area contributed by atoms with Crippen molar-refractivity contribution >= 4 is 17.9 Å². The summed E-state index contributed by atoms with van der Waals surface area (Å²) in [6, 6.07) is 6.50. The molecule has 0 saturated heterocycles. The third-order valence-electron chi connectivity index (χ3n) is 2.37. The first-order valence-electron chi connectivity index (χ1n) is 6.18. The number of hydrogen-bond donors (Lipinski definition) is 3. The van der Waals surface area contributed by atoms with Crippen LogP contribution in [0.2, 0.25) is 0 Å². The van der Waals surface area contributed by atoms with Gasteiger partial charge in [0.05, 0.1) is 7.11 Å². The largest absolute Gasteiger partial charge is 0.496 e. The number of carboxylic acids is 3. The van der Waals surface area contributed by atoms with Crippen LogP contribution in [0.1, 0.15) is 36.0 Å². The summed E-state index contributed by atoms with van der Waals surface area (Å²) < 4.78 is 4.83. The molecule has 1 aromatic rings. The predicted octanol–water partition coefficient (Wildman–Crippen LogP) is 2.11. The van der Waals surface area contributed by atoms with E-state index in [1.807, 2.05) is 0 Å². The predicted molar refractivity (Wildman–Crippen MR) is 73.7 cm³/mol. The molecule has 3 N–H and O–H groups in total. The van der Waals surface area contributed by atoms with E-state index in [9.17, 15) is 14.4 Å². The molecule has 0 aromatic heterocycles. The second-order valence-corrected chi connectivity index (χ2v) is 4.00. The van der Waals surface area contributed by atoms with E-state index < -0.39 is 17.9 Å². The van der Waals surface area contributed by atoms with E-state index in [1.165, 1.54) is 13.2 Å². The third-order valence-corrected chi connectivity index (χ3v) is 2.37. The normalized spacial score (nSPS) is 9.19. The molecule has 0 aliphatic rings. The Morgan fingerprint density at radius 1 is 0.952 bits per heavy atom. The summed E-state index contributed by atoms with van der Waals surface area (Å²) in [5.74, 6) is -2.32. The van der Waals surface area contributed by atoms with Gasteiger partial charge in [-0.3, -0.25) is 9.59 Å². The Hall–Kier alpha value is -2.57. The molecular formula is C14H18O7. The first kappa shape index (κ1) is 18.4. The van der Waals surface area contributed by atoms with Crippen molar-refractivity contribution in [2.75, 3.05) is 7.11 Å². The average Bonchev–Trinajstić information content (AvgIpc) is 2.43. The maximum Gasteiger partial charge on any atom is 0.339 e. The maximum atomic E-state index is 10.5. The summed E-state index contributed by atoms with van der Waals surface area (Å²) in [6.07, 6.45) is 1.02. The van der Waals surface area contributed by atoms with E-state index in [1.54, 1.807) is 18.2 Å². The molecule has 0 saturated carbocycles. The van der Waals surface area contributed by atoms with Gasteiger partial charge >= 0.3 is 17.9 Å². The quantitative estimate of drug-likeness (QED) is 0.659. The Labute approximate surface area is 121 Å². The fraction of sp³-hybridized carbons (Fsp3) is 0.357. The molecule has 0 atom stereocenters. The van der Waals surface area contributed by atoms with E-state index in [2.05, 4.69) is 0 Å². The number of carboxylic acid groups (broad SMARTS) is 3. The maximum absolute atomic E-state index is 10.5. The second-order valence-electron chi connectivity index (χ2n) is 4.00. The van der Waals surface area contributed by atoms with E-state index in [0.29, 0.717) is 18.6 Å². The van der Waals surface area contributed by atoms with Crippen LogP contribution >= 0.6 is 0 Å². The van der Waals surface area contributed by atoms with Gasteiger partial charge < -0.3 is 20.1 Å². The van der Waals surface area contributed by atoms with E-state index in [4.69, 9.17) is 20.1 Å². The highest BCUT2D eigenvalue weighted by Crippen LogP contribution is 2.16. The molecule has 0 amide bonds. The fourth-order valence-corrected chi connectivity index (χ4v) is 1.37. The molecule has 1 aromatic carbocycles. The second kappa shape index (κ2) is 10.2. The van der Waals surface area contributed by atoms with Crippen LogP contribution in [0.15, 0.2) is 24.3 Å². The van der Waals surface area contributed by atoms with Crippen LogP contribution in [0.5, 0.6) is 5.75 Å². The zero-order valence-corrected chi connectivity index (χ0v) is 11.6. The molecular weight excluding hydrogens is 280 g/mol. The van der Waals surface area contributed by atoms with Crippen LogP contribution < -0.4 is 4.74 Å². The first-order valence-corrected chi connectivity index (χ1v) is 6.18. The number of unbranched alkanes of at least 4 members (excludes halogenated alkanes) is 1. The lowest BCUT2D eigenvalue weighted by Gasteiger charge is -2.01. The van der Waals surface area contributed by atoms with E-state index >= 15 is 0 Å². The standard InChI is InChI=1S/C8H8O3.C6H10O4/c1-11-7-5-3-2-4-6(7)8(9)10;7-5(8)3-1-2-4-6(9)10/h2-5H,1H3,(H,9,10);1-4H2,(H,7,8)(H,9,10). The number of hydrogen-bond acceptors (Lipinski definition) is 4. The van der Waals surface area contributed by atoms with Crippen LogP contribution in [0.25, 0.3) is 0 Å². The Kier molecular flexibility index (Phi) is 8.99. The van der Waals surface area contributed by atoms with Crippen molar-refractivity contribution in [2.45, 2.75) is 25.7 Å². The smallest absolute Gasteiger partial charge is 0.339 e. The van der Waals surface area contributed by atoms with Crippen molar-refractivity contribution in [1.29, 1.82) is 0 Å². The van der Waals surface area contributed by atoms with Crippen molar-refractivity contribution in [1.82, 2.24) is 0 Å². The van der Waals surface area contributed by atoms with Gasteiger partial charge in [-0.15, -0.1) is 0 Å². The highest BCUT2D eigenvalue weighted by Gasteiger charge is 2.07. The SMILES string of the molecule is COc1ccccc1C(=O)O.O=C(O)CCCCC(=O)O. The Bertz CT molecular complexity index is 466. The summed E-state index contributed by atoms with van der Waals surface area (Å²) in [7, 11) is 1.45. The van der Waals surface area contributed by atoms with Crippen molar-refractivity contribution < 1.29 is 34.4 Å². The number of ether oxygens (including phenoxy) is 1. The lowest BCUT2D eigenvalue weighted by molar-refractivity contribution is -0.139. The zero-order chi connectivity index (χ0) is 16.3. The number of methoxy groups -OCH3 is 1. The van der Waals surface area contributed by atoms with Gasteiger partial charge in [-0.25, -0.2) is 4.79 Å². The van der Waals surface area contributed by atoms with E-state index in [0.717, 1.165) is 0 Å². The van der Waals surface area contributed by atoms with Crippen LogP contribution in [0.4, 0.5) is 0 Å². The van der Waals surface area contributed by atoms with Gasteiger partial charge in [0.1, 0.15) is 11.3 Å². The van der Waals surface area contributed by atoms with Crippen LogP contribution in [-0.4, -0.2) is 40.3 Å². The molecule has 0 bridgehead atoms. The molecule has 7 heteroatoms. The Morgan fingerprint density at radius 3 is 1.76 bits per heavy atom. The monoisotopic (exact) mass is 298 g/mol. The van der Waals surface area contributed by atoms with Gasteiger partial charge in [-0.05, 0) is 25.0 Å². The van der Waals surface area contributed by atoms with Crippen molar-refractivity contribution in [3.05, 3.63) is 29.8 Å². The summed E-state index contributed by atoms with van der Waals surface area (Å²) in [5, 5.41) is 24.9.